The van der Waals surface area contributed by atoms with Crippen LogP contribution in [0.15, 0.2) is 61.7 Å². The molecule has 6 heteroatoms. The van der Waals surface area contributed by atoms with Crippen LogP contribution in [0.1, 0.15) is 45.1 Å². The Labute approximate surface area is 173 Å². The number of unbranched alkanes of at least 4 members (excludes halogenated alkanes) is 2. The average Bonchev–Trinajstić information content (AvgIpc) is 2.74. The lowest BCUT2D eigenvalue weighted by atomic mass is 10.2. The molecule has 0 fully saturated rings. The molecule has 0 aliphatic heterocycles. The standard InChI is InChI=1S/C8H12O4.C8H8.C7H12O2/c1-2-3-6-12-8(11)5-4-7(9)10;1-2-8-6-4-3-5-7-8;1-3-5-6-9-7(8)4-2/h4-5H,2-3,6H2,1H3,(H,9,10);2-7H,1H2;4H,2-3,5-6H2,1H3. The van der Waals surface area contributed by atoms with Crippen LogP contribution in [-0.4, -0.2) is 36.2 Å². The summed E-state index contributed by atoms with van der Waals surface area (Å²) in [5, 5.41) is 8.14. The fourth-order valence-electron chi connectivity index (χ4n) is 1.47. The SMILES string of the molecule is C=CC(=O)OCCCC.C=Cc1ccccc1.CCCCOC(=O)C=CC(=O)O. The van der Waals surface area contributed by atoms with Crippen molar-refractivity contribution in [3.8, 4) is 0 Å². The number of aliphatic carboxylic acids is 1. The molecule has 0 aliphatic rings. The van der Waals surface area contributed by atoms with Crippen molar-refractivity contribution in [2.24, 2.45) is 0 Å². The number of esters is 2. The predicted molar refractivity (Wildman–Crippen MR) is 115 cm³/mol. The quantitative estimate of drug-likeness (QED) is 0.342. The van der Waals surface area contributed by atoms with Gasteiger partial charge in [-0.05, 0) is 18.4 Å². The second-order valence-electron chi connectivity index (χ2n) is 5.53. The number of hydrogen-bond acceptors (Lipinski definition) is 5. The van der Waals surface area contributed by atoms with E-state index >= 15 is 0 Å². The number of hydrogen-bond donors (Lipinski definition) is 1. The number of carbonyl (C=O) groups is 3. The number of carboxylic acid groups (broad SMARTS) is 1. The van der Waals surface area contributed by atoms with Gasteiger partial charge in [0.1, 0.15) is 0 Å². The van der Waals surface area contributed by atoms with Crippen molar-refractivity contribution >= 4 is 24.0 Å². The number of carboxylic acids is 1. The van der Waals surface area contributed by atoms with Crippen LogP contribution < -0.4 is 0 Å². The molecule has 1 aromatic carbocycles. The maximum Gasteiger partial charge on any atom is 0.331 e. The second-order valence-corrected chi connectivity index (χ2v) is 5.53. The van der Waals surface area contributed by atoms with Gasteiger partial charge in [0.05, 0.1) is 13.2 Å². The van der Waals surface area contributed by atoms with Crippen LogP contribution >= 0.6 is 0 Å². The third kappa shape index (κ3) is 22.8. The number of rotatable bonds is 10. The normalized spacial score (nSPS) is 9.17. The maximum atomic E-state index is 10.6. The third-order valence-electron chi connectivity index (χ3n) is 3.05. The van der Waals surface area contributed by atoms with Gasteiger partial charge in [-0.25, -0.2) is 14.4 Å². The first-order valence-electron chi connectivity index (χ1n) is 9.45. The van der Waals surface area contributed by atoms with E-state index in [2.05, 4.69) is 22.6 Å². The fourth-order valence-corrected chi connectivity index (χ4v) is 1.47. The van der Waals surface area contributed by atoms with E-state index in [1.54, 1.807) is 0 Å². The number of ether oxygens (including phenoxy) is 2. The molecule has 0 saturated heterocycles. The van der Waals surface area contributed by atoms with Crippen LogP contribution in [0.25, 0.3) is 6.08 Å². The zero-order valence-electron chi connectivity index (χ0n) is 17.3. The smallest absolute Gasteiger partial charge is 0.331 e. The van der Waals surface area contributed by atoms with Gasteiger partial charge < -0.3 is 14.6 Å². The van der Waals surface area contributed by atoms with Crippen molar-refractivity contribution in [2.75, 3.05) is 13.2 Å². The van der Waals surface area contributed by atoms with E-state index in [0.717, 1.165) is 37.8 Å². The van der Waals surface area contributed by atoms with Crippen LogP contribution in [0.2, 0.25) is 0 Å². The summed E-state index contributed by atoms with van der Waals surface area (Å²) in [6.07, 6.45) is 8.38. The zero-order valence-corrected chi connectivity index (χ0v) is 17.3. The van der Waals surface area contributed by atoms with Crippen molar-refractivity contribution in [1.29, 1.82) is 0 Å². The lowest BCUT2D eigenvalue weighted by Gasteiger charge is -1.97. The lowest BCUT2D eigenvalue weighted by Crippen LogP contribution is -2.02. The van der Waals surface area contributed by atoms with E-state index in [-0.39, 0.29) is 5.97 Å². The molecule has 0 unspecified atom stereocenters. The molecule has 0 spiro atoms. The molecule has 0 saturated carbocycles. The Kier molecular flexibility index (Phi) is 20.5. The van der Waals surface area contributed by atoms with Crippen molar-refractivity contribution in [2.45, 2.75) is 39.5 Å². The van der Waals surface area contributed by atoms with E-state index < -0.39 is 11.9 Å². The molecule has 0 radical (unpaired) electrons. The Bertz CT molecular complexity index is 620. The second kappa shape index (κ2) is 21.2. The topological polar surface area (TPSA) is 89.9 Å². The molecule has 0 atom stereocenters. The van der Waals surface area contributed by atoms with Gasteiger partial charge in [-0.2, -0.15) is 0 Å². The molecule has 0 bridgehead atoms. The van der Waals surface area contributed by atoms with Gasteiger partial charge >= 0.3 is 17.9 Å². The molecule has 0 aromatic heterocycles. The molecular weight excluding hydrogens is 372 g/mol. The summed E-state index contributed by atoms with van der Waals surface area (Å²) >= 11 is 0. The highest BCUT2D eigenvalue weighted by Gasteiger charge is 1.96. The van der Waals surface area contributed by atoms with Gasteiger partial charge in [0.15, 0.2) is 0 Å². The predicted octanol–water partition coefficient (Wildman–Crippen LogP) is 4.82. The van der Waals surface area contributed by atoms with E-state index in [4.69, 9.17) is 5.11 Å². The first kappa shape index (κ1) is 28.1. The van der Waals surface area contributed by atoms with Crippen molar-refractivity contribution in [3.05, 3.63) is 67.3 Å². The Morgan fingerprint density at radius 3 is 1.79 bits per heavy atom. The van der Waals surface area contributed by atoms with Crippen LogP contribution in [0.5, 0.6) is 0 Å². The molecule has 29 heavy (non-hydrogen) atoms. The average molecular weight is 405 g/mol. The molecule has 160 valence electrons. The van der Waals surface area contributed by atoms with Gasteiger partial charge in [0.2, 0.25) is 0 Å². The van der Waals surface area contributed by atoms with Crippen LogP contribution in [0, 0.1) is 0 Å². The molecule has 1 rings (SSSR count). The highest BCUT2D eigenvalue weighted by atomic mass is 16.5. The number of benzene rings is 1. The largest absolute Gasteiger partial charge is 0.478 e. The van der Waals surface area contributed by atoms with Crippen LogP contribution in [0.4, 0.5) is 0 Å². The molecule has 1 aromatic rings. The van der Waals surface area contributed by atoms with Crippen molar-refractivity contribution in [3.63, 3.8) is 0 Å². The minimum atomic E-state index is -1.15. The summed E-state index contributed by atoms with van der Waals surface area (Å²) in [6, 6.07) is 10.0. The molecule has 0 heterocycles. The lowest BCUT2D eigenvalue weighted by molar-refractivity contribution is -0.139. The van der Waals surface area contributed by atoms with E-state index in [9.17, 15) is 14.4 Å². The summed E-state index contributed by atoms with van der Waals surface area (Å²) < 4.78 is 9.32. The summed E-state index contributed by atoms with van der Waals surface area (Å²) in [6.45, 7) is 11.8. The van der Waals surface area contributed by atoms with Gasteiger partial charge in [0.25, 0.3) is 0 Å². The third-order valence-corrected chi connectivity index (χ3v) is 3.05. The van der Waals surface area contributed by atoms with Crippen LogP contribution in [-0.2, 0) is 23.9 Å². The van der Waals surface area contributed by atoms with Gasteiger partial charge in [-0.15, -0.1) is 0 Å². The Morgan fingerprint density at radius 1 is 0.897 bits per heavy atom. The van der Waals surface area contributed by atoms with E-state index in [1.807, 2.05) is 50.3 Å². The molecule has 0 aliphatic carbocycles. The molecule has 0 amide bonds. The highest BCUT2D eigenvalue weighted by Crippen LogP contribution is 1.97. The highest BCUT2D eigenvalue weighted by molar-refractivity contribution is 5.90. The minimum absolute atomic E-state index is 0.330. The van der Waals surface area contributed by atoms with Gasteiger partial charge in [-0.3, -0.25) is 0 Å². The van der Waals surface area contributed by atoms with E-state index in [1.165, 1.54) is 11.6 Å². The zero-order chi connectivity index (χ0) is 22.3. The molecular formula is C23H32O6. The first-order chi connectivity index (χ1) is 13.9. The monoisotopic (exact) mass is 404 g/mol. The first-order valence-corrected chi connectivity index (χ1v) is 9.45. The summed E-state index contributed by atoms with van der Waals surface area (Å²) in [5.41, 5.74) is 1.17. The number of carbonyl (C=O) groups excluding carboxylic acids is 2. The minimum Gasteiger partial charge on any atom is -0.478 e. The summed E-state index contributed by atoms with van der Waals surface area (Å²) in [4.78, 5) is 30.9. The molecule has 1 N–H and O–H groups in total. The van der Waals surface area contributed by atoms with Crippen molar-refractivity contribution in [1.82, 2.24) is 0 Å². The van der Waals surface area contributed by atoms with Crippen molar-refractivity contribution < 1.29 is 29.0 Å². The van der Waals surface area contributed by atoms with Crippen LogP contribution in [0.3, 0.4) is 0 Å². The maximum absolute atomic E-state index is 10.6. The summed E-state index contributed by atoms with van der Waals surface area (Å²) in [7, 11) is 0. The van der Waals surface area contributed by atoms with E-state index in [0.29, 0.717) is 13.2 Å². The Morgan fingerprint density at radius 2 is 1.41 bits per heavy atom. The fraction of sp³-hybridized carbons (Fsp3) is 0.348. The van der Waals surface area contributed by atoms with Gasteiger partial charge in [0, 0.05) is 18.2 Å². The summed E-state index contributed by atoms with van der Waals surface area (Å²) in [5.74, 6) is -2.09. The molecule has 6 nitrogen and oxygen atoms in total. The Hall–Kier alpha value is -3.15. The van der Waals surface area contributed by atoms with Gasteiger partial charge in [-0.1, -0.05) is 76.3 Å². The Balaban J connectivity index is 0.